The Kier molecular flexibility index (Phi) is 2.69. The lowest BCUT2D eigenvalue weighted by molar-refractivity contribution is 0.590. The SMILES string of the molecule is Fc1c(Cc2ccsc2)[nH]cnc1=S. The summed E-state index contributed by atoms with van der Waals surface area (Å²) in [5.74, 6) is -0.422. The molecule has 72 valence electrons. The smallest absolute Gasteiger partial charge is 0.179 e. The van der Waals surface area contributed by atoms with Crippen molar-refractivity contribution in [3.05, 3.63) is 44.9 Å². The first-order chi connectivity index (χ1) is 6.77. The highest BCUT2D eigenvalue weighted by molar-refractivity contribution is 7.71. The fraction of sp³-hybridized carbons (Fsp3) is 0.111. The molecular weight excluding hydrogens is 219 g/mol. The number of hydrogen-bond acceptors (Lipinski definition) is 3. The minimum Gasteiger partial charge on any atom is -0.347 e. The molecule has 2 aromatic heterocycles. The van der Waals surface area contributed by atoms with Gasteiger partial charge in [0.2, 0.25) is 0 Å². The molecule has 2 rings (SSSR count). The summed E-state index contributed by atoms with van der Waals surface area (Å²) in [4.78, 5) is 6.42. The maximum atomic E-state index is 13.4. The molecule has 0 aliphatic heterocycles. The van der Waals surface area contributed by atoms with Crippen LogP contribution in [0.4, 0.5) is 4.39 Å². The van der Waals surface area contributed by atoms with E-state index in [1.54, 1.807) is 11.3 Å². The van der Waals surface area contributed by atoms with Gasteiger partial charge in [-0.1, -0.05) is 12.2 Å². The fourth-order valence-electron chi connectivity index (χ4n) is 1.14. The van der Waals surface area contributed by atoms with E-state index < -0.39 is 5.82 Å². The number of thiophene rings is 1. The molecule has 0 aliphatic carbocycles. The molecular formula is C9H7FN2S2. The third-order valence-corrected chi connectivity index (χ3v) is 2.85. The third-order valence-electron chi connectivity index (χ3n) is 1.83. The van der Waals surface area contributed by atoms with Gasteiger partial charge in [0, 0.05) is 6.42 Å². The topological polar surface area (TPSA) is 28.7 Å². The molecule has 0 unspecified atom stereocenters. The molecule has 0 aromatic carbocycles. The Hall–Kier alpha value is -1.07. The number of rotatable bonds is 2. The van der Waals surface area contributed by atoms with Crippen LogP contribution in [0.5, 0.6) is 0 Å². The van der Waals surface area contributed by atoms with Crippen LogP contribution in [0.2, 0.25) is 0 Å². The molecule has 0 fully saturated rings. The van der Waals surface area contributed by atoms with Gasteiger partial charge in [0.1, 0.15) is 0 Å². The zero-order valence-electron chi connectivity index (χ0n) is 7.16. The van der Waals surface area contributed by atoms with E-state index in [0.717, 1.165) is 5.56 Å². The lowest BCUT2D eigenvalue weighted by atomic mass is 10.2. The monoisotopic (exact) mass is 226 g/mol. The van der Waals surface area contributed by atoms with Crippen molar-refractivity contribution in [2.75, 3.05) is 0 Å². The highest BCUT2D eigenvalue weighted by Gasteiger charge is 2.05. The van der Waals surface area contributed by atoms with E-state index >= 15 is 0 Å². The zero-order chi connectivity index (χ0) is 9.97. The van der Waals surface area contributed by atoms with E-state index in [2.05, 4.69) is 9.97 Å². The Morgan fingerprint density at radius 3 is 3.14 bits per heavy atom. The molecule has 0 bridgehead atoms. The van der Waals surface area contributed by atoms with Crippen molar-refractivity contribution in [3.8, 4) is 0 Å². The van der Waals surface area contributed by atoms with Gasteiger partial charge in [-0.2, -0.15) is 11.3 Å². The summed E-state index contributed by atoms with van der Waals surface area (Å²) in [5, 5.41) is 3.94. The summed E-state index contributed by atoms with van der Waals surface area (Å²) >= 11 is 6.32. The number of nitrogens with zero attached hydrogens (tertiary/aromatic N) is 1. The van der Waals surface area contributed by atoms with Gasteiger partial charge in [0.25, 0.3) is 0 Å². The third kappa shape index (κ3) is 1.88. The highest BCUT2D eigenvalue weighted by Crippen LogP contribution is 2.13. The Morgan fingerprint density at radius 2 is 2.43 bits per heavy atom. The van der Waals surface area contributed by atoms with Crippen LogP contribution in [-0.4, -0.2) is 9.97 Å². The molecule has 0 saturated heterocycles. The van der Waals surface area contributed by atoms with Crippen LogP contribution in [0.1, 0.15) is 11.3 Å². The first kappa shape index (κ1) is 9.48. The van der Waals surface area contributed by atoms with Crippen molar-refractivity contribution < 1.29 is 4.39 Å². The maximum absolute atomic E-state index is 13.4. The summed E-state index contributed by atoms with van der Waals surface area (Å²) < 4.78 is 13.4. The van der Waals surface area contributed by atoms with Gasteiger partial charge in [-0.3, -0.25) is 0 Å². The van der Waals surface area contributed by atoms with E-state index in [0.29, 0.717) is 12.1 Å². The summed E-state index contributed by atoms with van der Waals surface area (Å²) in [6.45, 7) is 0. The number of H-pyrrole nitrogens is 1. The predicted octanol–water partition coefficient (Wildman–Crippen LogP) is 2.93. The number of halogens is 1. The molecule has 0 amide bonds. The van der Waals surface area contributed by atoms with Crippen LogP contribution < -0.4 is 0 Å². The molecule has 0 saturated carbocycles. The predicted molar refractivity (Wildman–Crippen MR) is 56.5 cm³/mol. The van der Waals surface area contributed by atoms with Crippen molar-refractivity contribution >= 4 is 23.6 Å². The van der Waals surface area contributed by atoms with Gasteiger partial charge in [-0.15, -0.1) is 0 Å². The second-order valence-electron chi connectivity index (χ2n) is 2.81. The second kappa shape index (κ2) is 3.98. The number of aromatic nitrogens is 2. The fourth-order valence-corrected chi connectivity index (χ4v) is 1.99. The molecule has 2 aromatic rings. The van der Waals surface area contributed by atoms with Gasteiger partial charge >= 0.3 is 0 Å². The Balaban J connectivity index is 2.34. The summed E-state index contributed by atoms with van der Waals surface area (Å²) in [5.41, 5.74) is 1.56. The number of hydrogen-bond donors (Lipinski definition) is 1. The molecule has 1 N–H and O–H groups in total. The molecule has 2 heterocycles. The Bertz CT molecular complexity index is 476. The minimum atomic E-state index is -0.422. The normalized spacial score (nSPS) is 10.4. The van der Waals surface area contributed by atoms with E-state index in [-0.39, 0.29) is 4.64 Å². The average Bonchev–Trinajstić information content (AvgIpc) is 2.66. The first-order valence-electron chi connectivity index (χ1n) is 4.00. The molecule has 0 atom stereocenters. The van der Waals surface area contributed by atoms with Crippen molar-refractivity contribution in [2.24, 2.45) is 0 Å². The quantitative estimate of drug-likeness (QED) is 0.798. The van der Waals surface area contributed by atoms with Crippen LogP contribution in [0.15, 0.2) is 23.2 Å². The van der Waals surface area contributed by atoms with Gasteiger partial charge in [-0.05, 0) is 22.4 Å². The molecule has 5 heteroatoms. The lowest BCUT2D eigenvalue weighted by Crippen LogP contribution is -1.97. The Morgan fingerprint density at radius 1 is 1.57 bits per heavy atom. The van der Waals surface area contributed by atoms with E-state index in [1.807, 2.05) is 16.8 Å². The minimum absolute atomic E-state index is 0.0222. The van der Waals surface area contributed by atoms with Gasteiger partial charge in [-0.25, -0.2) is 9.37 Å². The molecule has 0 spiro atoms. The summed E-state index contributed by atoms with van der Waals surface area (Å²) in [6.07, 6.45) is 1.95. The molecule has 0 aliphatic rings. The van der Waals surface area contributed by atoms with Crippen molar-refractivity contribution in [1.29, 1.82) is 0 Å². The van der Waals surface area contributed by atoms with Gasteiger partial charge in [0.05, 0.1) is 12.0 Å². The van der Waals surface area contributed by atoms with Crippen LogP contribution in [0, 0.1) is 10.5 Å². The summed E-state index contributed by atoms with van der Waals surface area (Å²) in [6, 6.07) is 1.96. The largest absolute Gasteiger partial charge is 0.347 e. The van der Waals surface area contributed by atoms with Gasteiger partial charge < -0.3 is 4.98 Å². The van der Waals surface area contributed by atoms with Crippen molar-refractivity contribution in [1.82, 2.24) is 9.97 Å². The van der Waals surface area contributed by atoms with E-state index in [1.165, 1.54) is 6.33 Å². The van der Waals surface area contributed by atoms with E-state index in [9.17, 15) is 4.39 Å². The van der Waals surface area contributed by atoms with E-state index in [4.69, 9.17) is 12.2 Å². The molecule has 2 nitrogen and oxygen atoms in total. The highest BCUT2D eigenvalue weighted by atomic mass is 32.1. The maximum Gasteiger partial charge on any atom is 0.179 e. The van der Waals surface area contributed by atoms with Crippen LogP contribution in [0.25, 0.3) is 0 Å². The van der Waals surface area contributed by atoms with Crippen molar-refractivity contribution in [3.63, 3.8) is 0 Å². The standard InChI is InChI=1S/C9H7FN2S2/c10-8-7(11-5-12-9(8)13)3-6-1-2-14-4-6/h1-2,4-5H,3H2,(H,11,12,13). The Labute approximate surface area is 89.5 Å². The van der Waals surface area contributed by atoms with Gasteiger partial charge in [0.15, 0.2) is 10.5 Å². The van der Waals surface area contributed by atoms with Crippen LogP contribution in [0.3, 0.4) is 0 Å². The lowest BCUT2D eigenvalue weighted by Gasteiger charge is -2.00. The zero-order valence-corrected chi connectivity index (χ0v) is 8.79. The average molecular weight is 226 g/mol. The molecule has 14 heavy (non-hydrogen) atoms. The van der Waals surface area contributed by atoms with Crippen LogP contribution >= 0.6 is 23.6 Å². The molecule has 0 radical (unpaired) electrons. The number of aromatic amines is 1. The first-order valence-corrected chi connectivity index (χ1v) is 5.35. The summed E-state index contributed by atoms with van der Waals surface area (Å²) in [7, 11) is 0. The second-order valence-corrected chi connectivity index (χ2v) is 3.98. The van der Waals surface area contributed by atoms with Crippen LogP contribution in [-0.2, 0) is 6.42 Å². The van der Waals surface area contributed by atoms with Crippen molar-refractivity contribution in [2.45, 2.75) is 6.42 Å². The number of nitrogens with one attached hydrogen (secondary N) is 1.